The second-order valence-electron chi connectivity index (χ2n) is 7.25. The quantitative estimate of drug-likeness (QED) is 0.339. The van der Waals surface area contributed by atoms with Gasteiger partial charge in [0.25, 0.3) is 5.34 Å². The molecule has 3 atom stereocenters. The monoisotopic (exact) mass is 394 g/mol. The molecule has 0 heterocycles. The van der Waals surface area contributed by atoms with Gasteiger partial charge in [0.1, 0.15) is 0 Å². The Bertz CT molecular complexity index is 414. The lowest BCUT2D eigenvalue weighted by Crippen LogP contribution is -2.37. The predicted octanol–water partition coefficient (Wildman–Crippen LogP) is 5.44. The van der Waals surface area contributed by atoms with E-state index in [4.69, 9.17) is 9.05 Å². The van der Waals surface area contributed by atoms with Crippen LogP contribution >= 0.6 is 7.60 Å². The van der Waals surface area contributed by atoms with Crippen LogP contribution in [0.2, 0.25) is 0 Å². The number of unbranched alkanes of at least 4 members (excludes halogenated alkanes) is 2. The molecule has 0 aliphatic rings. The van der Waals surface area contributed by atoms with E-state index in [1.165, 1.54) is 0 Å². The largest absolute Gasteiger partial charge is 0.479 e. The molecule has 0 saturated heterocycles. The fraction of sp³-hybridized carbons (Fsp3) is 0.947. The fourth-order valence-electron chi connectivity index (χ4n) is 2.61. The zero-order chi connectivity index (χ0) is 20.2. The topological polar surface area (TPSA) is 93.1 Å². The molecular formula is C19H39O6P. The highest BCUT2D eigenvalue weighted by atomic mass is 31.2. The maximum atomic E-state index is 13.2. The highest BCUT2D eigenvalue weighted by Crippen LogP contribution is 2.59. The minimum atomic E-state index is -4.22. The maximum absolute atomic E-state index is 13.2. The van der Waals surface area contributed by atoms with Crippen molar-refractivity contribution in [3.8, 4) is 0 Å². The Morgan fingerprint density at radius 3 is 1.62 bits per heavy atom. The van der Waals surface area contributed by atoms with Gasteiger partial charge in [0, 0.05) is 0 Å². The number of carboxylic acids is 1. The first-order valence-corrected chi connectivity index (χ1v) is 11.6. The Morgan fingerprint density at radius 1 is 0.962 bits per heavy atom. The Labute approximate surface area is 159 Å². The lowest BCUT2D eigenvalue weighted by atomic mass is 10.0. The van der Waals surface area contributed by atoms with Gasteiger partial charge in [-0.15, -0.1) is 0 Å². The molecule has 0 amide bonds. The Hall–Kier alpha value is -0.420. The number of carbonyl (C=O) groups is 1. The van der Waals surface area contributed by atoms with Crippen molar-refractivity contribution >= 4 is 13.6 Å². The van der Waals surface area contributed by atoms with Gasteiger partial charge in [-0.25, -0.2) is 4.79 Å². The summed E-state index contributed by atoms with van der Waals surface area (Å²) in [5.74, 6) is -1.26. The first-order valence-electron chi connectivity index (χ1n) is 10.0. The van der Waals surface area contributed by atoms with E-state index < -0.39 is 18.9 Å². The van der Waals surface area contributed by atoms with Crippen LogP contribution in [0.25, 0.3) is 0 Å². The molecule has 0 fully saturated rings. The normalized spacial score (nSPS) is 18.7. The molecule has 0 radical (unpaired) electrons. The summed E-state index contributed by atoms with van der Waals surface area (Å²) in [6.07, 6.45) is 7.65. The van der Waals surface area contributed by atoms with Crippen molar-refractivity contribution < 1.29 is 28.6 Å². The van der Waals surface area contributed by atoms with Crippen LogP contribution in [-0.2, 0) is 18.4 Å². The third-order valence-electron chi connectivity index (χ3n) is 4.99. The molecule has 2 N–H and O–H groups in total. The average molecular weight is 394 g/mol. The molecule has 0 aliphatic carbocycles. The first kappa shape index (κ1) is 25.6. The van der Waals surface area contributed by atoms with E-state index in [1.807, 2.05) is 13.8 Å². The smallest absolute Gasteiger partial charge is 0.373 e. The van der Waals surface area contributed by atoms with E-state index in [0.717, 1.165) is 58.3 Å². The van der Waals surface area contributed by atoms with Gasteiger partial charge in [-0.05, 0) is 31.6 Å². The standard InChI is InChI=1S/C19H39O6P/c1-6-10-12-16(8-3)14-24-26(23,19(5,22)18(20)21)25-15-17(9-4)13-11-7-2/h16-17,22H,6-15H2,1-5H3,(H,20,21). The molecule has 26 heavy (non-hydrogen) atoms. The van der Waals surface area contributed by atoms with Gasteiger partial charge in [0.15, 0.2) is 0 Å². The summed E-state index contributed by atoms with van der Waals surface area (Å²) >= 11 is 0. The molecule has 0 aromatic carbocycles. The number of aliphatic hydroxyl groups is 1. The molecule has 0 rings (SSSR count). The van der Waals surface area contributed by atoms with Gasteiger partial charge in [-0.2, -0.15) is 0 Å². The van der Waals surface area contributed by atoms with Crippen LogP contribution in [0.3, 0.4) is 0 Å². The molecule has 0 aromatic heterocycles. The molecule has 6 nitrogen and oxygen atoms in total. The van der Waals surface area contributed by atoms with Crippen molar-refractivity contribution in [1.82, 2.24) is 0 Å². The van der Waals surface area contributed by atoms with E-state index in [9.17, 15) is 19.6 Å². The summed E-state index contributed by atoms with van der Waals surface area (Å²) in [5.41, 5.74) is 0. The number of aliphatic carboxylic acids is 1. The Balaban J connectivity index is 5.13. The summed E-state index contributed by atoms with van der Waals surface area (Å²) in [4.78, 5) is 11.5. The summed E-state index contributed by atoms with van der Waals surface area (Å²) in [6.45, 7) is 9.48. The summed E-state index contributed by atoms with van der Waals surface area (Å²) in [7, 11) is -4.22. The maximum Gasteiger partial charge on any atom is 0.373 e. The molecule has 0 spiro atoms. The number of carboxylic acid groups (broad SMARTS) is 1. The minimum Gasteiger partial charge on any atom is -0.479 e. The van der Waals surface area contributed by atoms with Gasteiger partial charge in [0.05, 0.1) is 13.2 Å². The van der Waals surface area contributed by atoms with Crippen molar-refractivity contribution in [3.05, 3.63) is 0 Å². The Kier molecular flexibility index (Phi) is 12.7. The van der Waals surface area contributed by atoms with Crippen molar-refractivity contribution in [2.45, 2.75) is 91.3 Å². The van der Waals surface area contributed by atoms with Gasteiger partial charge in [-0.3, -0.25) is 4.57 Å². The lowest BCUT2D eigenvalue weighted by Gasteiger charge is -2.30. The van der Waals surface area contributed by atoms with Gasteiger partial charge in [0.2, 0.25) is 0 Å². The van der Waals surface area contributed by atoms with E-state index >= 15 is 0 Å². The van der Waals surface area contributed by atoms with Gasteiger partial charge in [-0.1, -0.05) is 66.2 Å². The van der Waals surface area contributed by atoms with Crippen molar-refractivity contribution in [3.63, 3.8) is 0 Å². The Morgan fingerprint density at radius 2 is 1.35 bits per heavy atom. The number of hydrogen-bond donors (Lipinski definition) is 2. The summed E-state index contributed by atoms with van der Waals surface area (Å²) in [5, 5.41) is 17.1. The molecule has 156 valence electrons. The van der Waals surface area contributed by atoms with E-state index in [0.29, 0.717) is 0 Å². The fourth-order valence-corrected chi connectivity index (χ4v) is 4.23. The lowest BCUT2D eigenvalue weighted by molar-refractivity contribution is -0.150. The molecule has 0 aromatic rings. The highest BCUT2D eigenvalue weighted by molar-refractivity contribution is 7.56. The number of rotatable bonds is 16. The zero-order valence-electron chi connectivity index (χ0n) is 17.2. The summed E-state index contributed by atoms with van der Waals surface area (Å²) < 4.78 is 24.2. The SMILES string of the molecule is CCCCC(CC)COP(=O)(OCC(CC)CCCC)C(C)(O)C(=O)O. The van der Waals surface area contributed by atoms with Crippen LogP contribution in [0.4, 0.5) is 0 Å². The van der Waals surface area contributed by atoms with E-state index in [-0.39, 0.29) is 25.0 Å². The average Bonchev–Trinajstić information content (AvgIpc) is 2.61. The molecule has 0 bridgehead atoms. The van der Waals surface area contributed by atoms with Crippen molar-refractivity contribution in [1.29, 1.82) is 0 Å². The highest BCUT2D eigenvalue weighted by Gasteiger charge is 2.53. The van der Waals surface area contributed by atoms with E-state index in [1.54, 1.807) is 0 Å². The minimum absolute atomic E-state index is 0.128. The third-order valence-corrected chi connectivity index (χ3v) is 7.22. The molecule has 0 saturated carbocycles. The van der Waals surface area contributed by atoms with Crippen molar-refractivity contribution in [2.75, 3.05) is 13.2 Å². The summed E-state index contributed by atoms with van der Waals surface area (Å²) in [6, 6.07) is 0. The van der Waals surface area contributed by atoms with Crippen LogP contribution in [0.5, 0.6) is 0 Å². The van der Waals surface area contributed by atoms with Crippen LogP contribution in [0.1, 0.15) is 86.0 Å². The second-order valence-corrected chi connectivity index (χ2v) is 9.63. The molecule has 7 heteroatoms. The van der Waals surface area contributed by atoms with E-state index in [2.05, 4.69) is 13.8 Å². The molecule has 3 unspecified atom stereocenters. The van der Waals surface area contributed by atoms with Crippen LogP contribution in [-0.4, -0.2) is 34.7 Å². The molecule has 0 aliphatic heterocycles. The number of hydrogen-bond acceptors (Lipinski definition) is 5. The van der Waals surface area contributed by atoms with Crippen molar-refractivity contribution in [2.24, 2.45) is 11.8 Å². The van der Waals surface area contributed by atoms with Gasteiger partial charge >= 0.3 is 13.6 Å². The van der Waals surface area contributed by atoms with Crippen LogP contribution < -0.4 is 0 Å². The van der Waals surface area contributed by atoms with Crippen LogP contribution in [0, 0.1) is 11.8 Å². The van der Waals surface area contributed by atoms with Crippen LogP contribution in [0.15, 0.2) is 0 Å². The third kappa shape index (κ3) is 8.08. The predicted molar refractivity (Wildman–Crippen MR) is 104 cm³/mol. The van der Waals surface area contributed by atoms with Gasteiger partial charge < -0.3 is 19.3 Å². The second kappa shape index (κ2) is 12.9. The zero-order valence-corrected chi connectivity index (χ0v) is 18.1. The molecular weight excluding hydrogens is 355 g/mol. The first-order chi connectivity index (χ1) is 12.2.